The Kier molecular flexibility index (Phi) is 5.80. The average Bonchev–Trinajstić information content (AvgIpc) is 3.21. The molecule has 1 amide bonds. The Hall–Kier alpha value is -2.07. The molecule has 2 heterocycles. The van der Waals surface area contributed by atoms with Gasteiger partial charge in [-0.05, 0) is 68.6 Å². The number of carbonyl (C=O) groups excluding carboxylic acids is 1. The van der Waals surface area contributed by atoms with Gasteiger partial charge in [0.05, 0.1) is 6.54 Å². The number of amides is 1. The molecule has 4 nitrogen and oxygen atoms in total. The number of rotatable bonds is 6. The Bertz CT molecular complexity index is 944. The van der Waals surface area contributed by atoms with Crippen LogP contribution in [0.4, 0.5) is 0 Å². The molecule has 1 saturated carbocycles. The van der Waals surface area contributed by atoms with Crippen molar-refractivity contribution in [2.75, 3.05) is 6.54 Å². The first-order chi connectivity index (χ1) is 14.5. The fraction of sp³-hybridized carbons (Fsp3) is 0.593. The van der Waals surface area contributed by atoms with Crippen LogP contribution in [0.1, 0.15) is 81.3 Å². The van der Waals surface area contributed by atoms with Crippen LogP contribution in [-0.2, 0) is 13.1 Å². The maximum absolute atomic E-state index is 13.3. The van der Waals surface area contributed by atoms with Crippen LogP contribution in [-0.4, -0.2) is 34.3 Å². The van der Waals surface area contributed by atoms with E-state index in [-0.39, 0.29) is 11.3 Å². The van der Waals surface area contributed by atoms with Crippen molar-refractivity contribution in [3.05, 3.63) is 59.0 Å². The molecule has 4 rings (SSSR count). The summed E-state index contributed by atoms with van der Waals surface area (Å²) in [5.41, 5.74) is 3.12. The summed E-state index contributed by atoms with van der Waals surface area (Å²) in [6, 6.07) is 13.2. The molecular formula is C27H38N2O2. The largest absolute Gasteiger partial charge is 0.455 e. The normalized spacial score (nSPS) is 24.9. The van der Waals surface area contributed by atoms with Crippen molar-refractivity contribution < 1.29 is 9.21 Å². The lowest BCUT2D eigenvalue weighted by molar-refractivity contribution is 0.0671. The van der Waals surface area contributed by atoms with Crippen LogP contribution < -0.4 is 0 Å². The highest BCUT2D eigenvalue weighted by Crippen LogP contribution is 2.52. The third-order valence-corrected chi connectivity index (χ3v) is 7.11. The minimum absolute atomic E-state index is 0.0625. The summed E-state index contributed by atoms with van der Waals surface area (Å²) < 4.78 is 6.10. The van der Waals surface area contributed by atoms with Gasteiger partial charge in [-0.1, -0.05) is 50.6 Å². The summed E-state index contributed by atoms with van der Waals surface area (Å²) in [4.78, 5) is 17.8. The molecule has 2 atom stereocenters. The summed E-state index contributed by atoms with van der Waals surface area (Å²) in [5, 5.41) is 0. The lowest BCUT2D eigenvalue weighted by Crippen LogP contribution is -2.37. The number of fused-ring (bicyclic) bond motifs is 2. The molecule has 1 aromatic carbocycles. The van der Waals surface area contributed by atoms with Gasteiger partial charge in [-0.15, -0.1) is 0 Å². The highest BCUT2D eigenvalue weighted by atomic mass is 16.4. The third-order valence-electron chi connectivity index (χ3n) is 7.11. The molecule has 31 heavy (non-hydrogen) atoms. The van der Waals surface area contributed by atoms with Gasteiger partial charge in [0.1, 0.15) is 5.76 Å². The number of hydrogen-bond donors (Lipinski definition) is 0. The van der Waals surface area contributed by atoms with E-state index in [2.05, 4.69) is 75.6 Å². The number of aryl methyl sites for hydroxylation is 1. The molecule has 1 aliphatic carbocycles. The van der Waals surface area contributed by atoms with Gasteiger partial charge in [-0.2, -0.15) is 0 Å². The molecule has 2 aliphatic rings. The van der Waals surface area contributed by atoms with Crippen LogP contribution >= 0.6 is 0 Å². The Morgan fingerprint density at radius 3 is 2.65 bits per heavy atom. The van der Waals surface area contributed by atoms with E-state index in [1.807, 2.05) is 12.1 Å². The number of carbonyl (C=O) groups is 1. The van der Waals surface area contributed by atoms with Gasteiger partial charge in [0, 0.05) is 25.2 Å². The molecule has 168 valence electrons. The van der Waals surface area contributed by atoms with Crippen molar-refractivity contribution in [2.45, 2.75) is 86.0 Å². The predicted molar refractivity (Wildman–Crippen MR) is 125 cm³/mol. The van der Waals surface area contributed by atoms with Gasteiger partial charge in [0.25, 0.3) is 5.91 Å². The Labute approximate surface area is 187 Å². The van der Waals surface area contributed by atoms with Crippen molar-refractivity contribution >= 4 is 5.91 Å². The fourth-order valence-corrected chi connectivity index (χ4v) is 6.08. The van der Waals surface area contributed by atoms with E-state index in [1.54, 1.807) is 0 Å². The zero-order chi connectivity index (χ0) is 22.4. The molecule has 0 N–H and O–H groups in total. The van der Waals surface area contributed by atoms with Crippen LogP contribution in [0.25, 0.3) is 0 Å². The van der Waals surface area contributed by atoms with Crippen molar-refractivity contribution in [1.82, 2.24) is 9.80 Å². The smallest absolute Gasteiger partial charge is 0.289 e. The second kappa shape index (κ2) is 8.12. The van der Waals surface area contributed by atoms with E-state index >= 15 is 0 Å². The predicted octanol–water partition coefficient (Wildman–Crippen LogP) is 6.04. The molecule has 0 radical (unpaired) electrons. The van der Waals surface area contributed by atoms with E-state index in [4.69, 9.17) is 4.42 Å². The molecule has 1 aliphatic heterocycles. The van der Waals surface area contributed by atoms with Crippen LogP contribution in [0, 0.1) is 17.8 Å². The van der Waals surface area contributed by atoms with Gasteiger partial charge >= 0.3 is 0 Å². The Morgan fingerprint density at radius 2 is 1.94 bits per heavy atom. The molecule has 1 saturated heterocycles. The minimum Gasteiger partial charge on any atom is -0.455 e. The van der Waals surface area contributed by atoms with E-state index in [0.717, 1.165) is 31.7 Å². The molecule has 2 fully saturated rings. The number of hydrogen-bond acceptors (Lipinski definition) is 3. The Morgan fingerprint density at radius 1 is 1.16 bits per heavy atom. The standard InChI is InChI=1S/C27H38N2O2/c1-19(2)28(15-21-9-7-8-20(3)12-21)16-23-10-11-24(31-23)25(30)29-18-27(6)14-22(29)13-26(4,5)17-27/h7-12,19,22H,13-18H2,1-6H3. The zero-order valence-corrected chi connectivity index (χ0v) is 20.1. The summed E-state index contributed by atoms with van der Waals surface area (Å²) in [6.45, 7) is 16.0. The third kappa shape index (κ3) is 4.90. The highest BCUT2D eigenvalue weighted by Gasteiger charge is 2.51. The molecule has 2 bridgehead atoms. The lowest BCUT2D eigenvalue weighted by Gasteiger charge is -2.39. The number of benzene rings is 1. The average molecular weight is 423 g/mol. The molecular weight excluding hydrogens is 384 g/mol. The van der Waals surface area contributed by atoms with Gasteiger partial charge < -0.3 is 9.32 Å². The first-order valence-corrected chi connectivity index (χ1v) is 11.7. The number of nitrogens with zero attached hydrogens (tertiary/aromatic N) is 2. The van der Waals surface area contributed by atoms with Crippen LogP contribution in [0.3, 0.4) is 0 Å². The summed E-state index contributed by atoms with van der Waals surface area (Å²) in [6.07, 6.45) is 3.39. The van der Waals surface area contributed by atoms with Gasteiger partial charge in [0.15, 0.2) is 5.76 Å². The van der Waals surface area contributed by atoms with Gasteiger partial charge in [-0.25, -0.2) is 0 Å². The quantitative estimate of drug-likeness (QED) is 0.569. The summed E-state index contributed by atoms with van der Waals surface area (Å²) in [7, 11) is 0. The van der Waals surface area contributed by atoms with E-state index in [0.29, 0.717) is 29.8 Å². The second-order valence-corrected chi connectivity index (χ2v) is 11.4. The second-order valence-electron chi connectivity index (χ2n) is 11.4. The minimum atomic E-state index is 0.0625. The van der Waals surface area contributed by atoms with Crippen molar-refractivity contribution in [2.24, 2.45) is 10.8 Å². The van der Waals surface area contributed by atoms with E-state index < -0.39 is 0 Å². The van der Waals surface area contributed by atoms with Crippen LogP contribution in [0.15, 0.2) is 40.8 Å². The molecule has 2 aromatic rings. The molecule has 2 unspecified atom stereocenters. The SMILES string of the molecule is Cc1cccc(CN(Cc2ccc(C(=O)N3CC4(C)CC3CC(C)(C)C4)o2)C(C)C)c1. The summed E-state index contributed by atoms with van der Waals surface area (Å²) >= 11 is 0. The van der Waals surface area contributed by atoms with Gasteiger partial charge in [-0.3, -0.25) is 9.69 Å². The van der Waals surface area contributed by atoms with Crippen LogP contribution in [0.5, 0.6) is 0 Å². The van der Waals surface area contributed by atoms with Crippen molar-refractivity contribution in [3.63, 3.8) is 0 Å². The maximum atomic E-state index is 13.3. The topological polar surface area (TPSA) is 36.7 Å². The number of likely N-dealkylation sites (tertiary alicyclic amines) is 1. The molecule has 0 spiro atoms. The fourth-order valence-electron chi connectivity index (χ4n) is 6.08. The summed E-state index contributed by atoms with van der Waals surface area (Å²) in [5.74, 6) is 1.41. The van der Waals surface area contributed by atoms with E-state index in [1.165, 1.54) is 17.5 Å². The number of furan rings is 1. The Balaban J connectivity index is 1.45. The first-order valence-electron chi connectivity index (χ1n) is 11.7. The van der Waals surface area contributed by atoms with Gasteiger partial charge in [0.2, 0.25) is 0 Å². The van der Waals surface area contributed by atoms with Crippen molar-refractivity contribution in [3.8, 4) is 0 Å². The van der Waals surface area contributed by atoms with Crippen LogP contribution in [0.2, 0.25) is 0 Å². The first kappa shape index (κ1) is 22.1. The molecule has 4 heteroatoms. The van der Waals surface area contributed by atoms with Crippen molar-refractivity contribution in [1.29, 1.82) is 0 Å². The maximum Gasteiger partial charge on any atom is 0.289 e. The molecule has 1 aromatic heterocycles. The van der Waals surface area contributed by atoms with E-state index in [9.17, 15) is 4.79 Å². The zero-order valence-electron chi connectivity index (χ0n) is 20.1. The highest BCUT2D eigenvalue weighted by molar-refractivity contribution is 5.92. The monoisotopic (exact) mass is 422 g/mol. The lowest BCUT2D eigenvalue weighted by atomic mass is 9.65.